The summed E-state index contributed by atoms with van der Waals surface area (Å²) in [4.78, 5) is 12.1. The number of carbonyl (C=O) groups excluding carboxylic acids is 1. The number of carbonyl (C=O) groups is 1. The molecule has 1 amide bonds. The second kappa shape index (κ2) is 6.12. The van der Waals surface area contributed by atoms with Gasteiger partial charge in [0, 0.05) is 24.0 Å². The third-order valence-corrected chi connectivity index (χ3v) is 4.33. The zero-order valence-corrected chi connectivity index (χ0v) is 12.1. The van der Waals surface area contributed by atoms with E-state index in [2.05, 4.69) is 16.7 Å². The molecule has 5 heteroatoms. The van der Waals surface area contributed by atoms with Gasteiger partial charge < -0.3 is 15.4 Å². The summed E-state index contributed by atoms with van der Waals surface area (Å²) in [5.41, 5.74) is 2.34. The lowest BCUT2D eigenvalue weighted by Crippen LogP contribution is -2.44. The van der Waals surface area contributed by atoms with Gasteiger partial charge in [0.25, 0.3) is 0 Å². The van der Waals surface area contributed by atoms with Gasteiger partial charge in [0.1, 0.15) is 0 Å². The van der Waals surface area contributed by atoms with Gasteiger partial charge in [0.05, 0.1) is 19.3 Å². The van der Waals surface area contributed by atoms with Crippen LogP contribution in [0.3, 0.4) is 0 Å². The first kappa shape index (κ1) is 13.9. The van der Waals surface area contributed by atoms with E-state index in [0.29, 0.717) is 13.0 Å². The third kappa shape index (κ3) is 2.97. The molecule has 1 aromatic carbocycles. The van der Waals surface area contributed by atoms with E-state index in [0.717, 1.165) is 31.0 Å². The van der Waals surface area contributed by atoms with E-state index in [4.69, 9.17) is 16.3 Å². The van der Waals surface area contributed by atoms with Crippen LogP contribution in [0.25, 0.3) is 0 Å². The minimum Gasteiger partial charge on any atom is -0.378 e. The number of hydrogen-bond acceptors (Lipinski definition) is 3. The molecule has 20 heavy (non-hydrogen) atoms. The number of fused-ring (bicyclic) bond motifs is 1. The first-order valence-electron chi connectivity index (χ1n) is 7.12. The molecule has 1 aromatic rings. The summed E-state index contributed by atoms with van der Waals surface area (Å²) in [7, 11) is 0. The molecule has 0 radical (unpaired) electrons. The van der Waals surface area contributed by atoms with Crippen LogP contribution in [0.1, 0.15) is 30.0 Å². The van der Waals surface area contributed by atoms with Crippen molar-refractivity contribution in [3.05, 3.63) is 34.3 Å². The Morgan fingerprint density at radius 1 is 1.50 bits per heavy atom. The van der Waals surface area contributed by atoms with Gasteiger partial charge in [-0.1, -0.05) is 23.7 Å². The highest BCUT2D eigenvalue weighted by Gasteiger charge is 2.26. The second-order valence-electron chi connectivity index (χ2n) is 5.40. The SMILES string of the molecule is O=C(CC1COCCN1)NC1CCc2c(Cl)cccc21. The maximum atomic E-state index is 12.1. The maximum Gasteiger partial charge on any atom is 0.222 e. The molecule has 1 saturated heterocycles. The lowest BCUT2D eigenvalue weighted by molar-refractivity contribution is -0.123. The lowest BCUT2D eigenvalue weighted by atomic mass is 10.1. The smallest absolute Gasteiger partial charge is 0.222 e. The Hall–Kier alpha value is -1.10. The number of hydrogen-bond donors (Lipinski definition) is 2. The van der Waals surface area contributed by atoms with E-state index in [-0.39, 0.29) is 18.0 Å². The largest absolute Gasteiger partial charge is 0.378 e. The van der Waals surface area contributed by atoms with E-state index < -0.39 is 0 Å². The lowest BCUT2D eigenvalue weighted by Gasteiger charge is -2.24. The third-order valence-electron chi connectivity index (χ3n) is 3.98. The molecular weight excluding hydrogens is 276 g/mol. The molecule has 0 bridgehead atoms. The van der Waals surface area contributed by atoms with Crippen molar-refractivity contribution in [2.45, 2.75) is 31.3 Å². The summed E-state index contributed by atoms with van der Waals surface area (Å²) in [6, 6.07) is 6.14. The summed E-state index contributed by atoms with van der Waals surface area (Å²) in [5, 5.41) is 7.22. The van der Waals surface area contributed by atoms with Crippen LogP contribution in [0.15, 0.2) is 18.2 Å². The highest BCUT2D eigenvalue weighted by Crippen LogP contribution is 2.35. The fourth-order valence-electron chi connectivity index (χ4n) is 2.99. The molecule has 4 nitrogen and oxygen atoms in total. The molecule has 2 aliphatic rings. The highest BCUT2D eigenvalue weighted by molar-refractivity contribution is 6.31. The van der Waals surface area contributed by atoms with Gasteiger partial charge in [-0.15, -0.1) is 0 Å². The van der Waals surface area contributed by atoms with Crippen molar-refractivity contribution >= 4 is 17.5 Å². The first-order chi connectivity index (χ1) is 9.74. The van der Waals surface area contributed by atoms with Crippen LogP contribution in [0.4, 0.5) is 0 Å². The molecule has 2 N–H and O–H groups in total. The van der Waals surface area contributed by atoms with Crippen LogP contribution >= 0.6 is 11.6 Å². The van der Waals surface area contributed by atoms with Crippen molar-refractivity contribution < 1.29 is 9.53 Å². The highest BCUT2D eigenvalue weighted by atomic mass is 35.5. The van der Waals surface area contributed by atoms with Gasteiger partial charge in [0.15, 0.2) is 0 Å². The molecule has 1 aliphatic heterocycles. The fraction of sp³-hybridized carbons (Fsp3) is 0.533. The normalized spacial score (nSPS) is 25.2. The zero-order valence-electron chi connectivity index (χ0n) is 11.3. The number of amides is 1. The van der Waals surface area contributed by atoms with Gasteiger partial charge in [-0.2, -0.15) is 0 Å². The molecule has 1 fully saturated rings. The Labute approximate surface area is 123 Å². The Kier molecular flexibility index (Phi) is 4.24. The second-order valence-corrected chi connectivity index (χ2v) is 5.80. The standard InChI is InChI=1S/C15H19ClN2O2/c16-13-3-1-2-12-11(13)4-5-14(12)18-15(19)8-10-9-20-7-6-17-10/h1-3,10,14,17H,4-9H2,(H,18,19). The van der Waals surface area contributed by atoms with Crippen LogP contribution in [0.2, 0.25) is 5.02 Å². The number of nitrogens with one attached hydrogen (secondary N) is 2. The molecular formula is C15H19ClN2O2. The predicted molar refractivity (Wildman–Crippen MR) is 77.9 cm³/mol. The summed E-state index contributed by atoms with van der Waals surface area (Å²) in [6.07, 6.45) is 2.33. The molecule has 0 saturated carbocycles. The minimum atomic E-state index is 0.0748. The molecule has 2 atom stereocenters. The number of ether oxygens (including phenoxy) is 1. The van der Waals surface area contributed by atoms with E-state index in [1.54, 1.807) is 0 Å². The van der Waals surface area contributed by atoms with Crippen molar-refractivity contribution in [1.29, 1.82) is 0 Å². The average Bonchev–Trinajstić information content (AvgIpc) is 2.84. The van der Waals surface area contributed by atoms with E-state index in [1.807, 2.05) is 12.1 Å². The van der Waals surface area contributed by atoms with Gasteiger partial charge in [-0.05, 0) is 30.0 Å². The van der Waals surface area contributed by atoms with Crippen LogP contribution in [-0.4, -0.2) is 31.7 Å². The number of benzene rings is 1. The Morgan fingerprint density at radius 3 is 3.20 bits per heavy atom. The van der Waals surface area contributed by atoms with Gasteiger partial charge in [0.2, 0.25) is 5.91 Å². The van der Waals surface area contributed by atoms with E-state index in [9.17, 15) is 4.79 Å². The van der Waals surface area contributed by atoms with Crippen LogP contribution < -0.4 is 10.6 Å². The van der Waals surface area contributed by atoms with Crippen molar-refractivity contribution in [2.75, 3.05) is 19.8 Å². The Bertz CT molecular complexity index is 501. The molecule has 2 unspecified atom stereocenters. The number of rotatable bonds is 3. The molecule has 108 valence electrons. The quantitative estimate of drug-likeness (QED) is 0.894. The topological polar surface area (TPSA) is 50.4 Å². The Balaban J connectivity index is 1.59. The van der Waals surface area contributed by atoms with Crippen LogP contribution in [0, 0.1) is 0 Å². The summed E-state index contributed by atoms with van der Waals surface area (Å²) in [5.74, 6) is 0.0748. The van der Waals surface area contributed by atoms with Gasteiger partial charge >= 0.3 is 0 Å². The molecule has 1 aliphatic carbocycles. The molecule has 0 aromatic heterocycles. The molecule has 3 rings (SSSR count). The van der Waals surface area contributed by atoms with Gasteiger partial charge in [-0.25, -0.2) is 0 Å². The number of morpholine rings is 1. The maximum absolute atomic E-state index is 12.1. The monoisotopic (exact) mass is 294 g/mol. The minimum absolute atomic E-state index is 0.0748. The van der Waals surface area contributed by atoms with Crippen molar-refractivity contribution in [3.8, 4) is 0 Å². The zero-order chi connectivity index (χ0) is 13.9. The fourth-order valence-corrected chi connectivity index (χ4v) is 3.26. The number of halogens is 1. The average molecular weight is 295 g/mol. The first-order valence-corrected chi connectivity index (χ1v) is 7.49. The van der Waals surface area contributed by atoms with Crippen LogP contribution in [-0.2, 0) is 16.0 Å². The van der Waals surface area contributed by atoms with E-state index >= 15 is 0 Å². The van der Waals surface area contributed by atoms with E-state index in [1.165, 1.54) is 11.1 Å². The summed E-state index contributed by atoms with van der Waals surface area (Å²) in [6.45, 7) is 2.16. The summed E-state index contributed by atoms with van der Waals surface area (Å²) >= 11 is 6.19. The van der Waals surface area contributed by atoms with Gasteiger partial charge in [-0.3, -0.25) is 4.79 Å². The Morgan fingerprint density at radius 2 is 2.40 bits per heavy atom. The van der Waals surface area contributed by atoms with Crippen molar-refractivity contribution in [3.63, 3.8) is 0 Å². The van der Waals surface area contributed by atoms with Crippen molar-refractivity contribution in [1.82, 2.24) is 10.6 Å². The molecule has 1 heterocycles. The summed E-state index contributed by atoms with van der Waals surface area (Å²) < 4.78 is 5.36. The van der Waals surface area contributed by atoms with Crippen LogP contribution in [0.5, 0.6) is 0 Å². The molecule has 0 spiro atoms. The predicted octanol–water partition coefficient (Wildman–Crippen LogP) is 1.82. The van der Waals surface area contributed by atoms with Crippen molar-refractivity contribution in [2.24, 2.45) is 0 Å².